The number of nitrogens with one attached hydrogen (secondary N) is 3. The van der Waals surface area contributed by atoms with Gasteiger partial charge in [0.05, 0.1) is 23.5 Å². The molecule has 160 valence electrons. The van der Waals surface area contributed by atoms with Crippen LogP contribution in [0.4, 0.5) is 15.9 Å². The Morgan fingerprint density at radius 3 is 2.84 bits per heavy atom. The van der Waals surface area contributed by atoms with E-state index < -0.39 is 0 Å². The van der Waals surface area contributed by atoms with Gasteiger partial charge in [0.2, 0.25) is 0 Å². The molecule has 4 rings (SSSR count). The number of benzene rings is 2. The van der Waals surface area contributed by atoms with E-state index in [0.29, 0.717) is 13.0 Å². The number of anilines is 2. The summed E-state index contributed by atoms with van der Waals surface area (Å²) in [6.45, 7) is 4.98. The first-order valence-electron chi connectivity index (χ1n) is 10.5. The third kappa shape index (κ3) is 5.41. The van der Waals surface area contributed by atoms with Crippen LogP contribution in [-0.4, -0.2) is 29.2 Å². The zero-order valence-electron chi connectivity index (χ0n) is 17.3. The van der Waals surface area contributed by atoms with Crippen molar-refractivity contribution in [1.82, 2.24) is 10.3 Å². The second kappa shape index (κ2) is 9.62. The lowest BCUT2D eigenvalue weighted by molar-refractivity contribution is 0.401. The molecule has 1 aromatic heterocycles. The standard InChI is InChI=1S/C25H27FN4O/c1-17(31)13-19-6-2-5-18(14-19)10-12-27-24(20-7-3-8-21(26)15-20)23-16-29-22-9-4-11-28-25(22)30-23/h2-9,11,14-15,23-24,27,29,31H,1,10,12-13,16H2,(H,28,30)/t23-,24+/m1/s1. The minimum Gasteiger partial charge on any atom is -0.513 e. The van der Waals surface area contributed by atoms with Crippen LogP contribution in [0, 0.1) is 5.82 Å². The van der Waals surface area contributed by atoms with Gasteiger partial charge in [-0.05, 0) is 53.9 Å². The Balaban J connectivity index is 1.48. The van der Waals surface area contributed by atoms with Crippen LogP contribution in [0.5, 0.6) is 0 Å². The third-order valence-electron chi connectivity index (χ3n) is 5.43. The van der Waals surface area contributed by atoms with E-state index in [0.717, 1.165) is 35.6 Å². The Morgan fingerprint density at radius 2 is 2.00 bits per heavy atom. The molecule has 0 unspecified atom stereocenters. The lowest BCUT2D eigenvalue weighted by atomic mass is 9.97. The van der Waals surface area contributed by atoms with Crippen molar-refractivity contribution in [1.29, 1.82) is 0 Å². The quantitative estimate of drug-likeness (QED) is 0.402. The molecular formula is C25H27FN4O. The molecule has 2 aromatic carbocycles. The summed E-state index contributed by atoms with van der Waals surface area (Å²) < 4.78 is 14.0. The highest BCUT2D eigenvalue weighted by Gasteiger charge is 2.27. The van der Waals surface area contributed by atoms with Gasteiger partial charge in [0, 0.05) is 19.2 Å². The SMILES string of the molecule is C=C(O)Cc1cccc(CCN[C@@H](c2cccc(F)c2)[C@H]2CNc3cccnc3N2)c1. The Morgan fingerprint density at radius 1 is 1.16 bits per heavy atom. The first kappa shape index (κ1) is 20.9. The lowest BCUT2D eigenvalue weighted by Gasteiger charge is -2.34. The molecule has 0 saturated carbocycles. The Kier molecular flexibility index (Phi) is 6.48. The van der Waals surface area contributed by atoms with Gasteiger partial charge in [0.25, 0.3) is 0 Å². The van der Waals surface area contributed by atoms with E-state index in [1.165, 1.54) is 11.6 Å². The number of hydrogen-bond acceptors (Lipinski definition) is 5. The Labute approximate surface area is 182 Å². The van der Waals surface area contributed by atoms with Gasteiger partial charge >= 0.3 is 0 Å². The van der Waals surface area contributed by atoms with Crippen molar-refractivity contribution in [2.75, 3.05) is 23.7 Å². The van der Waals surface area contributed by atoms with E-state index in [2.05, 4.69) is 39.6 Å². The van der Waals surface area contributed by atoms with Crippen molar-refractivity contribution in [3.8, 4) is 0 Å². The number of pyridine rings is 1. The highest BCUT2D eigenvalue weighted by Crippen LogP contribution is 2.28. The monoisotopic (exact) mass is 418 g/mol. The first-order chi connectivity index (χ1) is 15.1. The molecule has 0 radical (unpaired) electrons. The molecule has 31 heavy (non-hydrogen) atoms. The summed E-state index contributed by atoms with van der Waals surface area (Å²) in [5.74, 6) is 0.716. The summed E-state index contributed by atoms with van der Waals surface area (Å²) in [5.41, 5.74) is 4.07. The predicted octanol–water partition coefficient (Wildman–Crippen LogP) is 4.61. The normalized spacial score (nSPS) is 16.0. The third-order valence-corrected chi connectivity index (χ3v) is 5.43. The summed E-state index contributed by atoms with van der Waals surface area (Å²) in [6, 6.07) is 18.7. The van der Waals surface area contributed by atoms with Crippen LogP contribution >= 0.6 is 0 Å². The van der Waals surface area contributed by atoms with Crippen molar-refractivity contribution in [3.63, 3.8) is 0 Å². The molecule has 1 aliphatic rings. The molecule has 0 amide bonds. The highest BCUT2D eigenvalue weighted by molar-refractivity contribution is 5.67. The summed E-state index contributed by atoms with van der Waals surface area (Å²) in [6.07, 6.45) is 3.03. The minimum absolute atomic E-state index is 0.00764. The van der Waals surface area contributed by atoms with Gasteiger partial charge in [-0.2, -0.15) is 0 Å². The second-order valence-electron chi connectivity index (χ2n) is 7.83. The van der Waals surface area contributed by atoms with Crippen LogP contribution < -0.4 is 16.0 Å². The number of aromatic nitrogens is 1. The van der Waals surface area contributed by atoms with Gasteiger partial charge in [-0.1, -0.05) is 43.0 Å². The maximum absolute atomic E-state index is 14.0. The molecule has 0 spiro atoms. The van der Waals surface area contributed by atoms with E-state index in [-0.39, 0.29) is 23.7 Å². The zero-order valence-corrected chi connectivity index (χ0v) is 17.3. The van der Waals surface area contributed by atoms with E-state index in [1.807, 2.05) is 30.3 Å². The maximum Gasteiger partial charge on any atom is 0.149 e. The summed E-state index contributed by atoms with van der Waals surface area (Å²) in [7, 11) is 0. The Bertz CT molecular complexity index is 1050. The fourth-order valence-corrected chi connectivity index (χ4v) is 4.01. The van der Waals surface area contributed by atoms with Crippen LogP contribution in [0.15, 0.2) is 79.2 Å². The smallest absolute Gasteiger partial charge is 0.149 e. The van der Waals surface area contributed by atoms with Crippen LogP contribution in [0.25, 0.3) is 0 Å². The molecule has 2 atom stereocenters. The fraction of sp³-hybridized carbons (Fsp3) is 0.240. The lowest BCUT2D eigenvalue weighted by Crippen LogP contribution is -2.44. The fourth-order valence-electron chi connectivity index (χ4n) is 4.01. The number of fused-ring (bicyclic) bond motifs is 1. The van der Waals surface area contributed by atoms with Gasteiger partial charge in [0.1, 0.15) is 11.6 Å². The van der Waals surface area contributed by atoms with Crippen molar-refractivity contribution >= 4 is 11.5 Å². The van der Waals surface area contributed by atoms with Crippen LogP contribution in [0.3, 0.4) is 0 Å². The molecule has 4 N–H and O–H groups in total. The van der Waals surface area contributed by atoms with Crippen LogP contribution in [-0.2, 0) is 12.8 Å². The number of halogens is 1. The van der Waals surface area contributed by atoms with Gasteiger partial charge in [-0.25, -0.2) is 9.37 Å². The molecule has 5 nitrogen and oxygen atoms in total. The minimum atomic E-state index is -0.247. The summed E-state index contributed by atoms with van der Waals surface area (Å²) in [5, 5.41) is 20.0. The van der Waals surface area contributed by atoms with Gasteiger partial charge in [0.15, 0.2) is 0 Å². The number of nitrogens with zero attached hydrogens (tertiary/aromatic N) is 1. The number of aliphatic hydroxyl groups is 1. The van der Waals surface area contributed by atoms with Crippen molar-refractivity contribution in [2.24, 2.45) is 0 Å². The number of allylic oxidation sites excluding steroid dienone is 1. The molecule has 0 aliphatic carbocycles. The Hall–Kier alpha value is -3.38. The number of hydrogen-bond donors (Lipinski definition) is 4. The number of aliphatic hydroxyl groups excluding tert-OH is 1. The average molecular weight is 419 g/mol. The van der Waals surface area contributed by atoms with E-state index in [1.54, 1.807) is 18.3 Å². The zero-order chi connectivity index (χ0) is 21.6. The second-order valence-corrected chi connectivity index (χ2v) is 7.83. The number of rotatable bonds is 8. The van der Waals surface area contributed by atoms with Gasteiger partial charge < -0.3 is 21.1 Å². The maximum atomic E-state index is 14.0. The molecule has 0 bridgehead atoms. The molecule has 1 aliphatic heterocycles. The first-order valence-corrected chi connectivity index (χ1v) is 10.5. The van der Waals surface area contributed by atoms with Crippen LogP contribution in [0.1, 0.15) is 22.7 Å². The molecule has 3 aromatic rings. The van der Waals surface area contributed by atoms with Crippen LogP contribution in [0.2, 0.25) is 0 Å². The highest BCUT2D eigenvalue weighted by atomic mass is 19.1. The molecule has 0 fully saturated rings. The van der Waals surface area contributed by atoms with Gasteiger partial charge in [-0.3, -0.25) is 0 Å². The topological polar surface area (TPSA) is 69.2 Å². The van der Waals surface area contributed by atoms with E-state index in [4.69, 9.17) is 0 Å². The van der Waals surface area contributed by atoms with Gasteiger partial charge in [-0.15, -0.1) is 0 Å². The van der Waals surface area contributed by atoms with Crippen molar-refractivity contribution < 1.29 is 9.50 Å². The molecule has 0 saturated heterocycles. The van der Waals surface area contributed by atoms with E-state index in [9.17, 15) is 9.50 Å². The van der Waals surface area contributed by atoms with Crippen molar-refractivity contribution in [2.45, 2.75) is 24.9 Å². The van der Waals surface area contributed by atoms with Crippen molar-refractivity contribution in [3.05, 3.63) is 102 Å². The summed E-state index contributed by atoms with van der Waals surface area (Å²) in [4.78, 5) is 4.42. The summed E-state index contributed by atoms with van der Waals surface area (Å²) >= 11 is 0. The predicted molar refractivity (Wildman–Crippen MR) is 123 cm³/mol. The largest absolute Gasteiger partial charge is 0.513 e. The molecule has 6 heteroatoms. The molecule has 2 heterocycles. The molecular weight excluding hydrogens is 391 g/mol. The average Bonchev–Trinajstić information content (AvgIpc) is 2.76. The van der Waals surface area contributed by atoms with E-state index >= 15 is 0 Å².